The van der Waals surface area contributed by atoms with Gasteiger partial charge in [-0.25, -0.2) is 0 Å². The van der Waals surface area contributed by atoms with Crippen molar-refractivity contribution in [2.75, 3.05) is 14.2 Å². The molecule has 0 aliphatic rings. The number of phenolic OH excluding ortho intramolecular Hbond substituents is 2. The Hall–Kier alpha value is -2.62. The van der Waals surface area contributed by atoms with Crippen molar-refractivity contribution >= 4 is 12.2 Å². The van der Waals surface area contributed by atoms with E-state index in [1.165, 1.54) is 14.2 Å². The van der Waals surface area contributed by atoms with Crippen LogP contribution in [-0.2, 0) is 0 Å². The first kappa shape index (κ1) is 14.8. The van der Waals surface area contributed by atoms with Crippen molar-refractivity contribution < 1.29 is 19.7 Å². The summed E-state index contributed by atoms with van der Waals surface area (Å²) in [7, 11) is 3.02. The lowest BCUT2D eigenvalue weighted by Gasteiger charge is -2.08. The molecule has 2 aromatic carbocycles. The zero-order valence-electron chi connectivity index (χ0n) is 12.3. The molecule has 0 bridgehead atoms. The van der Waals surface area contributed by atoms with Crippen LogP contribution in [0.2, 0.25) is 0 Å². The molecule has 0 fully saturated rings. The minimum absolute atomic E-state index is 0.0923. The molecule has 0 unspecified atom stereocenters. The van der Waals surface area contributed by atoms with Crippen molar-refractivity contribution in [1.82, 2.24) is 0 Å². The van der Waals surface area contributed by atoms with Crippen molar-refractivity contribution in [3.63, 3.8) is 0 Å². The van der Waals surface area contributed by atoms with Gasteiger partial charge in [0.15, 0.2) is 23.0 Å². The molecule has 0 spiro atoms. The quantitative estimate of drug-likeness (QED) is 0.843. The highest BCUT2D eigenvalue weighted by Crippen LogP contribution is 2.33. The Morgan fingerprint density at radius 2 is 1.62 bits per heavy atom. The molecule has 0 saturated carbocycles. The second-order valence-electron chi connectivity index (χ2n) is 4.67. The summed E-state index contributed by atoms with van der Waals surface area (Å²) in [6, 6.07) is 8.69. The van der Waals surface area contributed by atoms with Gasteiger partial charge in [0.1, 0.15) is 0 Å². The van der Waals surface area contributed by atoms with Gasteiger partial charge in [0, 0.05) is 5.56 Å². The van der Waals surface area contributed by atoms with Gasteiger partial charge in [0.05, 0.1) is 14.2 Å². The fourth-order valence-corrected chi connectivity index (χ4v) is 2.04. The van der Waals surface area contributed by atoms with Crippen LogP contribution in [0.25, 0.3) is 12.2 Å². The van der Waals surface area contributed by atoms with Crippen LogP contribution < -0.4 is 9.47 Å². The first-order valence-electron chi connectivity index (χ1n) is 6.48. The van der Waals surface area contributed by atoms with E-state index >= 15 is 0 Å². The molecular formula is C17H18O4. The van der Waals surface area contributed by atoms with Gasteiger partial charge in [-0.05, 0) is 42.3 Å². The van der Waals surface area contributed by atoms with Gasteiger partial charge >= 0.3 is 0 Å². The summed E-state index contributed by atoms with van der Waals surface area (Å²) in [5, 5.41) is 19.7. The van der Waals surface area contributed by atoms with E-state index in [4.69, 9.17) is 9.47 Å². The summed E-state index contributed by atoms with van der Waals surface area (Å²) in [6.07, 6.45) is 3.62. The molecular weight excluding hydrogens is 268 g/mol. The summed E-state index contributed by atoms with van der Waals surface area (Å²) in [4.78, 5) is 0. The molecule has 0 heterocycles. The highest BCUT2D eigenvalue weighted by Gasteiger charge is 2.07. The molecule has 0 aromatic heterocycles. The lowest BCUT2D eigenvalue weighted by molar-refractivity contribution is 0.372. The first-order chi connectivity index (χ1) is 10.0. The number of aromatic hydroxyl groups is 2. The topological polar surface area (TPSA) is 58.9 Å². The molecule has 0 saturated heterocycles. The molecule has 0 radical (unpaired) electrons. The fraction of sp³-hybridized carbons (Fsp3) is 0.176. The normalized spacial score (nSPS) is 10.8. The van der Waals surface area contributed by atoms with Gasteiger partial charge in [0.25, 0.3) is 0 Å². The van der Waals surface area contributed by atoms with Gasteiger partial charge in [-0.2, -0.15) is 0 Å². The largest absolute Gasteiger partial charge is 0.504 e. The van der Waals surface area contributed by atoms with E-state index < -0.39 is 0 Å². The van der Waals surface area contributed by atoms with Crippen LogP contribution in [0, 0.1) is 6.92 Å². The van der Waals surface area contributed by atoms with Crippen LogP contribution in [0.5, 0.6) is 23.0 Å². The molecule has 0 aliphatic heterocycles. The molecule has 4 nitrogen and oxygen atoms in total. The Labute approximate surface area is 123 Å². The molecule has 0 amide bonds. The standard InChI is InChI=1S/C17H18O4/c1-11-8-13(17(19)16(9-11)21-3)6-4-12-5-7-14(18)15(10-12)20-2/h4-10,18-19H,1-3H3/b6-4+. The highest BCUT2D eigenvalue weighted by atomic mass is 16.5. The van der Waals surface area contributed by atoms with Gasteiger partial charge in [-0.15, -0.1) is 0 Å². The zero-order valence-corrected chi connectivity index (χ0v) is 12.3. The van der Waals surface area contributed by atoms with Crippen molar-refractivity contribution in [2.24, 2.45) is 0 Å². The maximum Gasteiger partial charge on any atom is 0.165 e. The van der Waals surface area contributed by atoms with Crippen molar-refractivity contribution in [3.8, 4) is 23.0 Å². The van der Waals surface area contributed by atoms with Crippen molar-refractivity contribution in [1.29, 1.82) is 0 Å². The Morgan fingerprint density at radius 1 is 0.905 bits per heavy atom. The van der Waals surface area contributed by atoms with E-state index in [2.05, 4.69) is 0 Å². The molecule has 4 heteroatoms. The summed E-state index contributed by atoms with van der Waals surface area (Å²) in [6.45, 7) is 1.93. The van der Waals surface area contributed by atoms with Crippen LogP contribution in [0.15, 0.2) is 30.3 Å². The molecule has 0 aliphatic carbocycles. The number of phenols is 2. The SMILES string of the molecule is COc1cc(/C=C/c2cc(C)cc(OC)c2O)ccc1O. The molecule has 21 heavy (non-hydrogen) atoms. The van der Waals surface area contributed by atoms with E-state index in [-0.39, 0.29) is 11.5 Å². The number of aryl methyl sites for hydroxylation is 1. The summed E-state index contributed by atoms with van der Waals surface area (Å²) < 4.78 is 10.2. The summed E-state index contributed by atoms with van der Waals surface area (Å²) >= 11 is 0. The van der Waals surface area contributed by atoms with Crippen LogP contribution in [0.1, 0.15) is 16.7 Å². The molecule has 110 valence electrons. The van der Waals surface area contributed by atoms with E-state index in [1.54, 1.807) is 30.3 Å². The van der Waals surface area contributed by atoms with Gasteiger partial charge in [0.2, 0.25) is 0 Å². The number of ether oxygens (including phenoxy) is 2. The highest BCUT2D eigenvalue weighted by molar-refractivity contribution is 5.75. The first-order valence-corrected chi connectivity index (χ1v) is 6.48. The second-order valence-corrected chi connectivity index (χ2v) is 4.67. The van der Waals surface area contributed by atoms with Crippen LogP contribution in [0.3, 0.4) is 0 Å². The monoisotopic (exact) mass is 286 g/mol. The lowest BCUT2D eigenvalue weighted by Crippen LogP contribution is -1.88. The number of rotatable bonds is 4. The minimum atomic E-state index is 0.0923. The van der Waals surface area contributed by atoms with Crippen molar-refractivity contribution in [3.05, 3.63) is 47.0 Å². The summed E-state index contributed by atoms with van der Waals surface area (Å²) in [5.41, 5.74) is 2.51. The predicted molar refractivity (Wildman–Crippen MR) is 83.0 cm³/mol. The van der Waals surface area contributed by atoms with Crippen LogP contribution in [0.4, 0.5) is 0 Å². The van der Waals surface area contributed by atoms with Crippen molar-refractivity contribution in [2.45, 2.75) is 6.92 Å². The Balaban J connectivity index is 2.35. The van der Waals surface area contributed by atoms with Gasteiger partial charge in [-0.3, -0.25) is 0 Å². The van der Waals surface area contributed by atoms with Gasteiger partial charge < -0.3 is 19.7 Å². The average molecular weight is 286 g/mol. The zero-order chi connectivity index (χ0) is 15.4. The Kier molecular flexibility index (Phi) is 4.38. The average Bonchev–Trinajstić information content (AvgIpc) is 2.49. The fourth-order valence-electron chi connectivity index (χ4n) is 2.04. The van der Waals surface area contributed by atoms with Gasteiger partial charge in [-0.1, -0.05) is 18.2 Å². The third-order valence-corrected chi connectivity index (χ3v) is 3.13. The summed E-state index contributed by atoms with van der Waals surface area (Å²) in [5.74, 6) is 1.04. The molecule has 2 rings (SSSR count). The Bertz CT molecular complexity index is 675. The number of benzene rings is 2. The Morgan fingerprint density at radius 3 is 2.29 bits per heavy atom. The lowest BCUT2D eigenvalue weighted by atomic mass is 10.1. The minimum Gasteiger partial charge on any atom is -0.504 e. The third-order valence-electron chi connectivity index (χ3n) is 3.13. The van der Waals surface area contributed by atoms with E-state index in [0.29, 0.717) is 17.1 Å². The van der Waals surface area contributed by atoms with Crippen LogP contribution >= 0.6 is 0 Å². The van der Waals surface area contributed by atoms with E-state index in [9.17, 15) is 10.2 Å². The van der Waals surface area contributed by atoms with Crippen LogP contribution in [-0.4, -0.2) is 24.4 Å². The number of methoxy groups -OCH3 is 2. The van der Waals surface area contributed by atoms with E-state index in [0.717, 1.165) is 11.1 Å². The molecule has 2 N–H and O–H groups in total. The maximum absolute atomic E-state index is 10.1. The smallest absolute Gasteiger partial charge is 0.165 e. The maximum atomic E-state index is 10.1. The second kappa shape index (κ2) is 6.22. The predicted octanol–water partition coefficient (Wildman–Crippen LogP) is 3.59. The third kappa shape index (κ3) is 3.28. The molecule has 0 atom stereocenters. The number of hydrogen-bond acceptors (Lipinski definition) is 4. The molecule has 2 aromatic rings. The van der Waals surface area contributed by atoms with E-state index in [1.807, 2.05) is 19.1 Å². The number of hydrogen-bond donors (Lipinski definition) is 2.